The average Bonchev–Trinajstić information content (AvgIpc) is 2.76. The van der Waals surface area contributed by atoms with Gasteiger partial charge in [-0.2, -0.15) is 0 Å². The summed E-state index contributed by atoms with van der Waals surface area (Å²) in [6.07, 6.45) is 0.954. The number of amides is 1. The normalized spacial score (nSPS) is 12.1. The summed E-state index contributed by atoms with van der Waals surface area (Å²) in [6, 6.07) is 15.5. The lowest BCUT2D eigenvalue weighted by Crippen LogP contribution is -2.39. The summed E-state index contributed by atoms with van der Waals surface area (Å²) in [5.74, 6) is 2.67. The zero-order valence-electron chi connectivity index (χ0n) is 18.9. The lowest BCUT2D eigenvalue weighted by atomic mass is 9.98. The van der Waals surface area contributed by atoms with Crippen molar-refractivity contribution in [1.82, 2.24) is 10.6 Å². The molecule has 31 heavy (non-hydrogen) atoms. The van der Waals surface area contributed by atoms with Crippen molar-refractivity contribution in [3.63, 3.8) is 0 Å². The lowest BCUT2D eigenvalue weighted by Gasteiger charge is -2.14. The molecule has 0 heterocycles. The number of hydrogen-bond acceptors (Lipinski definition) is 4. The molecule has 0 saturated heterocycles. The van der Waals surface area contributed by atoms with Crippen LogP contribution < -0.4 is 25.4 Å². The van der Waals surface area contributed by atoms with Crippen molar-refractivity contribution >= 4 is 17.6 Å². The fraction of sp³-hybridized carbons (Fsp3) is 0.417. The molecule has 1 unspecified atom stereocenters. The molecular weight excluding hydrogens is 392 g/mol. The standard InChI is InChI=1S/C24H34N4O3/c1-5-25-24(26-14-13-18(2)20-9-11-22(30-4)12-10-20)27-15-16-31-23-8-6-7-21(17-23)28-19(3)29/h6-12,17-18H,5,13-16H2,1-4H3,(H,28,29)(H2,25,26,27). The van der Waals surface area contributed by atoms with E-state index in [1.54, 1.807) is 13.2 Å². The van der Waals surface area contributed by atoms with Crippen molar-refractivity contribution in [3.05, 3.63) is 54.1 Å². The molecule has 0 fully saturated rings. The quantitative estimate of drug-likeness (QED) is 0.289. The Morgan fingerprint density at radius 2 is 1.87 bits per heavy atom. The Morgan fingerprint density at radius 3 is 2.55 bits per heavy atom. The summed E-state index contributed by atoms with van der Waals surface area (Å²) in [7, 11) is 1.68. The second-order valence-electron chi connectivity index (χ2n) is 7.21. The first kappa shape index (κ1) is 24.1. The van der Waals surface area contributed by atoms with Gasteiger partial charge in [0, 0.05) is 31.8 Å². The summed E-state index contributed by atoms with van der Waals surface area (Å²) >= 11 is 0. The molecule has 168 valence electrons. The smallest absolute Gasteiger partial charge is 0.221 e. The molecule has 2 rings (SSSR count). The largest absolute Gasteiger partial charge is 0.497 e. The van der Waals surface area contributed by atoms with Gasteiger partial charge in [0.1, 0.15) is 18.1 Å². The first-order chi connectivity index (χ1) is 15.0. The van der Waals surface area contributed by atoms with Gasteiger partial charge < -0.3 is 25.4 Å². The molecule has 0 spiro atoms. The molecule has 7 nitrogen and oxygen atoms in total. The minimum Gasteiger partial charge on any atom is -0.497 e. The van der Waals surface area contributed by atoms with Gasteiger partial charge in [0.05, 0.1) is 13.7 Å². The minimum atomic E-state index is -0.105. The van der Waals surface area contributed by atoms with Crippen LogP contribution in [0.1, 0.15) is 38.7 Å². The van der Waals surface area contributed by atoms with Gasteiger partial charge in [-0.05, 0) is 49.1 Å². The second kappa shape index (κ2) is 13.2. The number of carbonyl (C=O) groups is 1. The molecule has 0 aliphatic rings. The number of anilines is 1. The van der Waals surface area contributed by atoms with Gasteiger partial charge in [-0.1, -0.05) is 25.1 Å². The van der Waals surface area contributed by atoms with Crippen molar-refractivity contribution < 1.29 is 14.3 Å². The zero-order valence-corrected chi connectivity index (χ0v) is 18.9. The molecule has 0 aromatic heterocycles. The van der Waals surface area contributed by atoms with Gasteiger partial charge in [0.2, 0.25) is 5.91 Å². The Bertz CT molecular complexity index is 837. The highest BCUT2D eigenvalue weighted by Crippen LogP contribution is 2.21. The zero-order chi connectivity index (χ0) is 22.5. The van der Waals surface area contributed by atoms with E-state index in [0.29, 0.717) is 24.8 Å². The van der Waals surface area contributed by atoms with Crippen LogP contribution in [-0.4, -0.2) is 45.2 Å². The number of nitrogens with zero attached hydrogens (tertiary/aromatic N) is 1. The maximum Gasteiger partial charge on any atom is 0.221 e. The van der Waals surface area contributed by atoms with E-state index in [4.69, 9.17) is 9.47 Å². The van der Waals surface area contributed by atoms with Crippen LogP contribution in [-0.2, 0) is 4.79 Å². The van der Waals surface area contributed by atoms with Crippen molar-refractivity contribution in [1.29, 1.82) is 0 Å². The van der Waals surface area contributed by atoms with E-state index in [1.165, 1.54) is 12.5 Å². The summed E-state index contributed by atoms with van der Waals surface area (Å²) in [5.41, 5.74) is 2.00. The van der Waals surface area contributed by atoms with Crippen molar-refractivity contribution in [2.45, 2.75) is 33.1 Å². The topological polar surface area (TPSA) is 84.0 Å². The predicted molar refractivity (Wildman–Crippen MR) is 126 cm³/mol. The number of ether oxygens (including phenoxy) is 2. The maximum absolute atomic E-state index is 11.2. The van der Waals surface area contributed by atoms with Crippen LogP contribution in [0, 0.1) is 0 Å². The second-order valence-corrected chi connectivity index (χ2v) is 7.21. The summed E-state index contributed by atoms with van der Waals surface area (Å²) in [6.45, 7) is 8.35. The number of carbonyl (C=O) groups excluding carboxylic acids is 1. The van der Waals surface area contributed by atoms with E-state index in [-0.39, 0.29) is 5.91 Å². The fourth-order valence-corrected chi connectivity index (χ4v) is 3.02. The molecule has 0 bridgehead atoms. The molecular formula is C24H34N4O3. The van der Waals surface area contributed by atoms with Crippen LogP contribution in [0.2, 0.25) is 0 Å². The first-order valence-electron chi connectivity index (χ1n) is 10.7. The molecule has 3 N–H and O–H groups in total. The van der Waals surface area contributed by atoms with Crippen LogP contribution in [0.4, 0.5) is 5.69 Å². The third kappa shape index (κ3) is 8.99. The third-order valence-electron chi connectivity index (χ3n) is 4.68. The number of rotatable bonds is 11. The molecule has 7 heteroatoms. The minimum absolute atomic E-state index is 0.105. The number of aliphatic imine (C=N–C) groups is 1. The number of hydrogen-bond donors (Lipinski definition) is 3. The van der Waals surface area contributed by atoms with E-state index in [1.807, 2.05) is 37.3 Å². The van der Waals surface area contributed by atoms with Crippen LogP contribution in [0.3, 0.4) is 0 Å². The van der Waals surface area contributed by atoms with Crippen molar-refractivity contribution in [3.8, 4) is 11.5 Å². The molecule has 0 saturated carbocycles. The molecule has 2 aromatic rings. The summed E-state index contributed by atoms with van der Waals surface area (Å²) in [4.78, 5) is 15.8. The number of methoxy groups -OCH3 is 1. The van der Waals surface area contributed by atoms with E-state index in [0.717, 1.165) is 36.9 Å². The number of guanidine groups is 1. The van der Waals surface area contributed by atoms with Gasteiger partial charge in [-0.25, -0.2) is 0 Å². The summed E-state index contributed by atoms with van der Waals surface area (Å²) in [5, 5.41) is 9.30. The first-order valence-corrected chi connectivity index (χ1v) is 10.7. The highest BCUT2D eigenvalue weighted by atomic mass is 16.5. The van der Waals surface area contributed by atoms with Crippen LogP contribution in [0.5, 0.6) is 11.5 Å². The highest BCUT2D eigenvalue weighted by Gasteiger charge is 2.06. The molecule has 2 aromatic carbocycles. The summed E-state index contributed by atoms with van der Waals surface area (Å²) < 4.78 is 11.0. The fourth-order valence-electron chi connectivity index (χ4n) is 3.02. The van der Waals surface area contributed by atoms with E-state index >= 15 is 0 Å². The van der Waals surface area contributed by atoms with E-state index < -0.39 is 0 Å². The Labute approximate surface area is 185 Å². The van der Waals surface area contributed by atoms with Gasteiger partial charge >= 0.3 is 0 Å². The molecule has 1 atom stereocenters. The predicted octanol–water partition coefficient (Wildman–Crippen LogP) is 3.78. The molecule has 0 aliphatic heterocycles. The Balaban J connectivity index is 1.77. The van der Waals surface area contributed by atoms with E-state index in [9.17, 15) is 4.79 Å². The monoisotopic (exact) mass is 426 g/mol. The van der Waals surface area contributed by atoms with Gasteiger partial charge in [-0.3, -0.25) is 9.79 Å². The van der Waals surface area contributed by atoms with Crippen LogP contribution in [0.15, 0.2) is 53.5 Å². The number of benzene rings is 2. The van der Waals surface area contributed by atoms with Crippen LogP contribution >= 0.6 is 0 Å². The highest BCUT2D eigenvalue weighted by molar-refractivity contribution is 5.88. The average molecular weight is 427 g/mol. The van der Waals surface area contributed by atoms with Crippen molar-refractivity contribution in [2.24, 2.45) is 4.99 Å². The van der Waals surface area contributed by atoms with E-state index in [2.05, 4.69) is 40.0 Å². The van der Waals surface area contributed by atoms with Crippen LogP contribution in [0.25, 0.3) is 0 Å². The van der Waals surface area contributed by atoms with Crippen molar-refractivity contribution in [2.75, 3.05) is 38.7 Å². The van der Waals surface area contributed by atoms with Gasteiger partial charge in [-0.15, -0.1) is 0 Å². The Morgan fingerprint density at radius 1 is 1.10 bits per heavy atom. The lowest BCUT2D eigenvalue weighted by molar-refractivity contribution is -0.114. The molecule has 0 aliphatic carbocycles. The number of nitrogens with one attached hydrogen (secondary N) is 3. The third-order valence-corrected chi connectivity index (χ3v) is 4.68. The van der Waals surface area contributed by atoms with Gasteiger partial charge in [0.25, 0.3) is 0 Å². The Kier molecular flexibility index (Phi) is 10.2. The molecule has 1 amide bonds. The SMILES string of the molecule is CCNC(=NCCC(C)c1ccc(OC)cc1)NCCOc1cccc(NC(C)=O)c1. The van der Waals surface area contributed by atoms with Gasteiger partial charge in [0.15, 0.2) is 5.96 Å². The molecule has 0 radical (unpaired) electrons. The Hall–Kier alpha value is -3.22. The maximum atomic E-state index is 11.2.